The van der Waals surface area contributed by atoms with E-state index in [1.54, 1.807) is 6.07 Å². The molecule has 0 atom stereocenters. The van der Waals surface area contributed by atoms with Gasteiger partial charge in [-0.2, -0.15) is 0 Å². The second-order valence-electron chi connectivity index (χ2n) is 7.91. The molecule has 1 aliphatic carbocycles. The van der Waals surface area contributed by atoms with Gasteiger partial charge in [-0.3, -0.25) is 4.90 Å². The van der Waals surface area contributed by atoms with E-state index in [2.05, 4.69) is 25.4 Å². The zero-order chi connectivity index (χ0) is 20.4. The van der Waals surface area contributed by atoms with Crippen LogP contribution >= 0.6 is 15.9 Å². The fourth-order valence-electron chi connectivity index (χ4n) is 4.69. The largest absolute Gasteiger partial charge is 0.507 e. The van der Waals surface area contributed by atoms with E-state index in [1.165, 1.54) is 19.3 Å². The molecule has 0 radical (unpaired) electrons. The number of carbonyl (C=O) groups excluding carboxylic acids is 1. The molecule has 2 aliphatic rings. The topological polar surface area (TPSA) is 63.9 Å². The Kier molecular flexibility index (Phi) is 6.47. The molecule has 1 saturated heterocycles. The molecule has 1 aromatic heterocycles. The van der Waals surface area contributed by atoms with Gasteiger partial charge in [0.1, 0.15) is 5.75 Å². The predicted octanol–water partition coefficient (Wildman–Crippen LogP) is 4.62. The number of aromatic hydroxyl groups is 1. The van der Waals surface area contributed by atoms with Crippen molar-refractivity contribution < 1.29 is 19.4 Å². The minimum absolute atomic E-state index is 0.141. The van der Waals surface area contributed by atoms with Crippen molar-refractivity contribution in [1.82, 2.24) is 9.47 Å². The third-order valence-electron chi connectivity index (χ3n) is 6.07. The molecule has 0 spiro atoms. The van der Waals surface area contributed by atoms with Gasteiger partial charge >= 0.3 is 5.97 Å². The molecule has 4 rings (SSSR count). The van der Waals surface area contributed by atoms with Gasteiger partial charge < -0.3 is 19.1 Å². The molecule has 6 nitrogen and oxygen atoms in total. The number of fused-ring (bicyclic) bond motifs is 1. The van der Waals surface area contributed by atoms with Crippen LogP contribution in [0.2, 0.25) is 0 Å². The zero-order valence-electron chi connectivity index (χ0n) is 17.0. The molecule has 29 heavy (non-hydrogen) atoms. The Morgan fingerprint density at radius 1 is 1.24 bits per heavy atom. The minimum Gasteiger partial charge on any atom is -0.507 e. The van der Waals surface area contributed by atoms with E-state index in [-0.39, 0.29) is 11.7 Å². The number of hydrogen-bond acceptors (Lipinski definition) is 5. The first-order valence-corrected chi connectivity index (χ1v) is 11.4. The van der Waals surface area contributed by atoms with Crippen molar-refractivity contribution in [1.29, 1.82) is 0 Å². The van der Waals surface area contributed by atoms with Crippen LogP contribution in [0.25, 0.3) is 10.9 Å². The third kappa shape index (κ3) is 4.18. The van der Waals surface area contributed by atoms with Gasteiger partial charge in [0.05, 0.1) is 35.4 Å². The number of halogens is 1. The molecular formula is C22H29BrN2O4. The summed E-state index contributed by atoms with van der Waals surface area (Å²) in [6.45, 7) is 5.96. The standard InChI is InChI=1S/C22H29BrN2O4/c1-2-29-22(27)21-16-12-20(26)17(23)13-18(16)25(15-6-4-3-5-7-15)19(21)14-24-8-10-28-11-9-24/h12-13,15,26H,2-11,14H2,1H3. The van der Waals surface area contributed by atoms with Crippen molar-refractivity contribution in [3.63, 3.8) is 0 Å². The van der Waals surface area contributed by atoms with E-state index in [4.69, 9.17) is 9.47 Å². The molecule has 0 unspecified atom stereocenters. The molecule has 2 fully saturated rings. The van der Waals surface area contributed by atoms with Crippen LogP contribution in [0.4, 0.5) is 0 Å². The molecule has 1 saturated carbocycles. The molecular weight excluding hydrogens is 436 g/mol. The lowest BCUT2D eigenvalue weighted by molar-refractivity contribution is 0.0324. The highest BCUT2D eigenvalue weighted by Crippen LogP contribution is 2.40. The van der Waals surface area contributed by atoms with E-state index in [0.717, 1.165) is 42.5 Å². The zero-order valence-corrected chi connectivity index (χ0v) is 18.5. The second kappa shape index (κ2) is 9.06. The molecule has 1 aromatic carbocycles. The number of morpholine rings is 1. The number of phenols is 1. The number of carbonyl (C=O) groups is 1. The summed E-state index contributed by atoms with van der Waals surface area (Å²) in [5, 5.41) is 11.1. The summed E-state index contributed by atoms with van der Waals surface area (Å²) in [5.41, 5.74) is 2.60. The lowest BCUT2D eigenvalue weighted by atomic mass is 9.95. The van der Waals surface area contributed by atoms with Gasteiger partial charge in [0, 0.05) is 36.8 Å². The van der Waals surface area contributed by atoms with Crippen LogP contribution in [0.15, 0.2) is 16.6 Å². The normalized spacial score (nSPS) is 19.0. The minimum atomic E-state index is -0.308. The molecule has 1 aliphatic heterocycles. The van der Waals surface area contributed by atoms with Crippen molar-refractivity contribution in [2.45, 2.75) is 51.6 Å². The number of phenolic OH excluding ortho intramolecular Hbond substituents is 1. The first-order chi connectivity index (χ1) is 14.1. The highest BCUT2D eigenvalue weighted by Gasteiger charge is 2.30. The van der Waals surface area contributed by atoms with E-state index in [1.807, 2.05) is 13.0 Å². The molecule has 158 valence electrons. The number of aromatic nitrogens is 1. The Bertz CT molecular complexity index is 883. The fourth-order valence-corrected chi connectivity index (χ4v) is 5.02. The predicted molar refractivity (Wildman–Crippen MR) is 115 cm³/mol. The van der Waals surface area contributed by atoms with Crippen LogP contribution in [-0.4, -0.2) is 53.5 Å². The van der Waals surface area contributed by atoms with Gasteiger partial charge in [-0.1, -0.05) is 19.3 Å². The summed E-state index contributed by atoms with van der Waals surface area (Å²) in [7, 11) is 0. The van der Waals surface area contributed by atoms with Crippen molar-refractivity contribution >= 4 is 32.8 Å². The van der Waals surface area contributed by atoms with E-state index < -0.39 is 0 Å². The summed E-state index contributed by atoms with van der Waals surface area (Å²) in [4.78, 5) is 15.4. The fraction of sp³-hybridized carbons (Fsp3) is 0.591. The Labute approximate surface area is 179 Å². The molecule has 0 bridgehead atoms. The van der Waals surface area contributed by atoms with Crippen LogP contribution in [0.3, 0.4) is 0 Å². The molecule has 2 heterocycles. The maximum Gasteiger partial charge on any atom is 0.340 e. The molecule has 1 N–H and O–H groups in total. The van der Waals surface area contributed by atoms with Gasteiger partial charge in [-0.15, -0.1) is 0 Å². The second-order valence-corrected chi connectivity index (χ2v) is 8.77. The van der Waals surface area contributed by atoms with Crippen LogP contribution in [0, 0.1) is 0 Å². The van der Waals surface area contributed by atoms with Gasteiger partial charge in [0.2, 0.25) is 0 Å². The maximum atomic E-state index is 13.0. The smallest absolute Gasteiger partial charge is 0.340 e. The average molecular weight is 465 g/mol. The van der Waals surface area contributed by atoms with Gasteiger partial charge in [-0.25, -0.2) is 4.79 Å². The Morgan fingerprint density at radius 2 is 1.97 bits per heavy atom. The number of benzene rings is 1. The maximum absolute atomic E-state index is 13.0. The van der Waals surface area contributed by atoms with Crippen LogP contribution in [0.1, 0.15) is 61.1 Å². The lowest BCUT2D eigenvalue weighted by Crippen LogP contribution is -2.37. The highest BCUT2D eigenvalue weighted by atomic mass is 79.9. The summed E-state index contributed by atoms with van der Waals surface area (Å²) >= 11 is 3.47. The Hall–Kier alpha value is -1.57. The first-order valence-electron chi connectivity index (χ1n) is 10.6. The molecule has 0 amide bonds. The highest BCUT2D eigenvalue weighted by molar-refractivity contribution is 9.10. The van der Waals surface area contributed by atoms with Gasteiger partial charge in [0.15, 0.2) is 0 Å². The van der Waals surface area contributed by atoms with Crippen LogP contribution in [-0.2, 0) is 16.0 Å². The monoisotopic (exact) mass is 464 g/mol. The summed E-state index contributed by atoms with van der Waals surface area (Å²) < 4.78 is 14.0. The van der Waals surface area contributed by atoms with Gasteiger partial charge in [-0.05, 0) is 47.8 Å². The van der Waals surface area contributed by atoms with Crippen LogP contribution < -0.4 is 0 Å². The number of ether oxygens (including phenoxy) is 2. The van der Waals surface area contributed by atoms with Gasteiger partial charge in [0.25, 0.3) is 0 Å². The van der Waals surface area contributed by atoms with E-state index in [0.29, 0.717) is 42.4 Å². The quantitative estimate of drug-likeness (QED) is 0.653. The van der Waals surface area contributed by atoms with E-state index in [9.17, 15) is 9.90 Å². The van der Waals surface area contributed by atoms with Crippen molar-refractivity contribution in [3.05, 3.63) is 27.9 Å². The lowest BCUT2D eigenvalue weighted by Gasteiger charge is -2.31. The average Bonchev–Trinajstić information content (AvgIpc) is 3.02. The van der Waals surface area contributed by atoms with E-state index >= 15 is 0 Å². The Morgan fingerprint density at radius 3 is 2.66 bits per heavy atom. The number of hydrogen-bond donors (Lipinski definition) is 1. The first kappa shape index (κ1) is 20.7. The summed E-state index contributed by atoms with van der Waals surface area (Å²) in [6, 6.07) is 4.01. The summed E-state index contributed by atoms with van der Waals surface area (Å²) in [6.07, 6.45) is 5.90. The summed E-state index contributed by atoms with van der Waals surface area (Å²) in [5.74, 6) is -0.168. The molecule has 2 aromatic rings. The van der Waals surface area contributed by atoms with Crippen LogP contribution in [0.5, 0.6) is 5.75 Å². The van der Waals surface area contributed by atoms with Crippen molar-refractivity contribution in [3.8, 4) is 5.75 Å². The number of nitrogens with zero attached hydrogens (tertiary/aromatic N) is 2. The Balaban J connectivity index is 1.90. The van der Waals surface area contributed by atoms with Crippen molar-refractivity contribution in [2.24, 2.45) is 0 Å². The number of rotatable bonds is 5. The van der Waals surface area contributed by atoms with Crippen molar-refractivity contribution in [2.75, 3.05) is 32.9 Å². The number of esters is 1. The molecule has 7 heteroatoms. The third-order valence-corrected chi connectivity index (χ3v) is 6.71. The SMILES string of the molecule is CCOC(=O)c1c(CN2CCOCC2)n(C2CCCCC2)c2cc(Br)c(O)cc12.